The minimum Gasteiger partial charge on any atom is -0.492 e. The Morgan fingerprint density at radius 1 is 1.13 bits per heavy atom. The molecule has 0 heterocycles. The summed E-state index contributed by atoms with van der Waals surface area (Å²) >= 11 is 0. The van der Waals surface area contributed by atoms with Crippen molar-refractivity contribution in [2.45, 2.75) is 0 Å². The smallest absolute Gasteiger partial charge is 0.276 e. The van der Waals surface area contributed by atoms with Gasteiger partial charge in [0.15, 0.2) is 0 Å². The third-order valence-corrected chi connectivity index (χ3v) is 2.96. The minimum absolute atomic E-state index is 0.0380. The molecule has 0 radical (unpaired) electrons. The molecule has 1 N–H and O–H groups in total. The fourth-order valence-corrected chi connectivity index (χ4v) is 1.88. The van der Waals surface area contributed by atoms with E-state index in [2.05, 4.69) is 5.32 Å². The van der Waals surface area contributed by atoms with Gasteiger partial charge in [-0.1, -0.05) is 30.3 Å². The fraction of sp³-hybridized carbons (Fsp3) is 0.118. The Morgan fingerprint density at radius 2 is 1.83 bits per heavy atom. The predicted molar refractivity (Wildman–Crippen MR) is 87.1 cm³/mol. The number of hydrogen-bond donors (Lipinski definition) is 1. The van der Waals surface area contributed by atoms with Crippen molar-refractivity contribution in [1.29, 1.82) is 0 Å². The lowest BCUT2D eigenvalue weighted by Crippen LogP contribution is -2.26. The van der Waals surface area contributed by atoms with Crippen molar-refractivity contribution in [3.63, 3.8) is 0 Å². The number of amides is 1. The van der Waals surface area contributed by atoms with E-state index >= 15 is 0 Å². The molecule has 6 heteroatoms. The number of para-hydroxylation sites is 2. The third kappa shape index (κ3) is 5.28. The summed E-state index contributed by atoms with van der Waals surface area (Å²) in [4.78, 5) is 22.1. The molecule has 2 aromatic rings. The van der Waals surface area contributed by atoms with Crippen molar-refractivity contribution in [2.75, 3.05) is 13.2 Å². The van der Waals surface area contributed by atoms with Crippen LogP contribution in [-0.4, -0.2) is 24.0 Å². The summed E-state index contributed by atoms with van der Waals surface area (Å²) in [5.74, 6) is 0.400. The van der Waals surface area contributed by atoms with E-state index in [9.17, 15) is 14.9 Å². The summed E-state index contributed by atoms with van der Waals surface area (Å²) in [6, 6.07) is 15.5. The molecule has 0 fully saturated rings. The first-order chi connectivity index (χ1) is 11.2. The van der Waals surface area contributed by atoms with Crippen molar-refractivity contribution in [2.24, 2.45) is 0 Å². The van der Waals surface area contributed by atoms with Gasteiger partial charge in [0.25, 0.3) is 5.69 Å². The SMILES string of the molecule is O=C(C=Cc1ccccc1[N+](=O)[O-])NCCOc1ccccc1. The molecule has 0 atom stereocenters. The molecule has 2 rings (SSSR count). The zero-order valence-electron chi connectivity index (χ0n) is 12.3. The van der Waals surface area contributed by atoms with Crippen LogP contribution in [0.15, 0.2) is 60.7 Å². The number of carbonyl (C=O) groups excluding carboxylic acids is 1. The normalized spacial score (nSPS) is 10.4. The van der Waals surface area contributed by atoms with Crippen molar-refractivity contribution >= 4 is 17.7 Å². The van der Waals surface area contributed by atoms with Crippen molar-refractivity contribution in [3.8, 4) is 5.75 Å². The van der Waals surface area contributed by atoms with Crippen LogP contribution in [0.1, 0.15) is 5.56 Å². The Bertz CT molecular complexity index is 699. The first kappa shape index (κ1) is 16.2. The lowest BCUT2D eigenvalue weighted by Gasteiger charge is -2.06. The van der Waals surface area contributed by atoms with Gasteiger partial charge in [0.2, 0.25) is 5.91 Å². The number of rotatable bonds is 7. The Labute approximate surface area is 133 Å². The van der Waals surface area contributed by atoms with Crippen LogP contribution < -0.4 is 10.1 Å². The maximum absolute atomic E-state index is 11.7. The van der Waals surface area contributed by atoms with Gasteiger partial charge < -0.3 is 10.1 Å². The molecule has 6 nitrogen and oxygen atoms in total. The molecule has 0 aromatic heterocycles. The number of carbonyl (C=O) groups is 1. The molecule has 23 heavy (non-hydrogen) atoms. The average Bonchev–Trinajstić information content (AvgIpc) is 2.58. The molecular weight excluding hydrogens is 296 g/mol. The second-order valence-corrected chi connectivity index (χ2v) is 4.60. The molecule has 0 saturated carbocycles. The highest BCUT2D eigenvalue weighted by Crippen LogP contribution is 2.18. The van der Waals surface area contributed by atoms with E-state index < -0.39 is 4.92 Å². The standard InChI is InChI=1S/C17H16N2O4/c20-17(18-12-13-23-15-7-2-1-3-8-15)11-10-14-6-4-5-9-16(14)19(21)22/h1-11H,12-13H2,(H,18,20). The Morgan fingerprint density at radius 3 is 2.57 bits per heavy atom. The first-order valence-electron chi connectivity index (χ1n) is 7.04. The van der Waals surface area contributed by atoms with E-state index in [0.717, 1.165) is 5.75 Å². The van der Waals surface area contributed by atoms with E-state index in [-0.39, 0.29) is 11.6 Å². The second kappa shape index (κ2) is 8.33. The first-order valence-corrected chi connectivity index (χ1v) is 7.04. The van der Waals surface area contributed by atoms with Crippen molar-refractivity contribution in [1.82, 2.24) is 5.32 Å². The predicted octanol–water partition coefficient (Wildman–Crippen LogP) is 2.80. The number of ether oxygens (including phenoxy) is 1. The van der Waals surface area contributed by atoms with E-state index in [0.29, 0.717) is 18.7 Å². The Kier molecular flexibility index (Phi) is 5.88. The van der Waals surface area contributed by atoms with Crippen LogP contribution in [0, 0.1) is 10.1 Å². The molecular formula is C17H16N2O4. The summed E-state index contributed by atoms with van der Waals surface area (Å²) in [7, 11) is 0. The molecule has 118 valence electrons. The molecule has 0 aliphatic rings. The van der Waals surface area contributed by atoms with Gasteiger partial charge in [0.1, 0.15) is 12.4 Å². The topological polar surface area (TPSA) is 81.5 Å². The minimum atomic E-state index is -0.481. The number of nitro groups is 1. The molecule has 0 unspecified atom stereocenters. The van der Waals surface area contributed by atoms with Gasteiger partial charge >= 0.3 is 0 Å². The lowest BCUT2D eigenvalue weighted by molar-refractivity contribution is -0.385. The zero-order chi connectivity index (χ0) is 16.5. The molecule has 0 aliphatic carbocycles. The summed E-state index contributed by atoms with van der Waals surface area (Å²) in [6.45, 7) is 0.685. The third-order valence-electron chi connectivity index (χ3n) is 2.96. The number of nitrogens with zero attached hydrogens (tertiary/aromatic N) is 1. The number of hydrogen-bond acceptors (Lipinski definition) is 4. The van der Waals surface area contributed by atoms with E-state index in [4.69, 9.17) is 4.74 Å². The highest BCUT2D eigenvalue weighted by Gasteiger charge is 2.09. The van der Waals surface area contributed by atoms with Crippen LogP contribution in [0.4, 0.5) is 5.69 Å². The van der Waals surface area contributed by atoms with Gasteiger partial charge in [-0.15, -0.1) is 0 Å². The van der Waals surface area contributed by atoms with Crippen LogP contribution in [-0.2, 0) is 4.79 Å². The lowest BCUT2D eigenvalue weighted by atomic mass is 10.1. The largest absolute Gasteiger partial charge is 0.492 e. The summed E-state index contributed by atoms with van der Waals surface area (Å²) in [5, 5.41) is 13.5. The molecule has 0 spiro atoms. The van der Waals surface area contributed by atoms with Gasteiger partial charge in [-0.2, -0.15) is 0 Å². The number of nitrogens with one attached hydrogen (secondary N) is 1. The van der Waals surface area contributed by atoms with Gasteiger partial charge in [0, 0.05) is 12.1 Å². The molecule has 2 aromatic carbocycles. The monoisotopic (exact) mass is 312 g/mol. The van der Waals surface area contributed by atoms with E-state index in [1.165, 1.54) is 18.2 Å². The highest BCUT2D eigenvalue weighted by atomic mass is 16.6. The average molecular weight is 312 g/mol. The van der Waals surface area contributed by atoms with Gasteiger partial charge in [-0.25, -0.2) is 0 Å². The highest BCUT2D eigenvalue weighted by molar-refractivity contribution is 5.92. The summed E-state index contributed by atoms with van der Waals surface area (Å²) in [6.07, 6.45) is 2.69. The van der Waals surface area contributed by atoms with Crippen molar-refractivity contribution in [3.05, 3.63) is 76.4 Å². The Hall–Kier alpha value is -3.15. The van der Waals surface area contributed by atoms with Crippen LogP contribution in [0.5, 0.6) is 5.75 Å². The summed E-state index contributed by atoms with van der Waals surface area (Å²) < 4.78 is 5.44. The zero-order valence-corrected chi connectivity index (χ0v) is 12.3. The molecule has 0 bridgehead atoms. The van der Waals surface area contributed by atoms with Crippen LogP contribution in [0.3, 0.4) is 0 Å². The van der Waals surface area contributed by atoms with Crippen molar-refractivity contribution < 1.29 is 14.5 Å². The number of benzene rings is 2. The molecule has 0 saturated heterocycles. The van der Waals surface area contributed by atoms with Crippen LogP contribution >= 0.6 is 0 Å². The fourth-order valence-electron chi connectivity index (χ4n) is 1.88. The maximum Gasteiger partial charge on any atom is 0.276 e. The van der Waals surface area contributed by atoms with Gasteiger partial charge in [-0.3, -0.25) is 14.9 Å². The van der Waals surface area contributed by atoms with E-state index in [1.807, 2.05) is 30.3 Å². The molecule has 0 aliphatic heterocycles. The number of nitro benzene ring substituents is 1. The van der Waals surface area contributed by atoms with E-state index in [1.54, 1.807) is 18.2 Å². The summed E-state index contributed by atoms with van der Waals surface area (Å²) in [5.41, 5.74) is 0.345. The molecule has 1 amide bonds. The van der Waals surface area contributed by atoms with Crippen LogP contribution in [0.2, 0.25) is 0 Å². The van der Waals surface area contributed by atoms with Gasteiger partial charge in [0.05, 0.1) is 17.0 Å². The van der Waals surface area contributed by atoms with Gasteiger partial charge in [-0.05, 0) is 24.3 Å². The second-order valence-electron chi connectivity index (χ2n) is 4.60. The maximum atomic E-state index is 11.7. The van der Waals surface area contributed by atoms with Crippen LogP contribution in [0.25, 0.3) is 6.08 Å². The quantitative estimate of drug-likeness (QED) is 0.369. The Balaban J connectivity index is 1.80.